The summed E-state index contributed by atoms with van der Waals surface area (Å²) in [5.41, 5.74) is 0.400. The van der Waals surface area contributed by atoms with Crippen LogP contribution >= 0.6 is 11.6 Å². The van der Waals surface area contributed by atoms with E-state index in [9.17, 15) is 0 Å². The number of hydrogen-bond acceptors (Lipinski definition) is 5. The van der Waals surface area contributed by atoms with Gasteiger partial charge in [-0.2, -0.15) is 15.0 Å². The van der Waals surface area contributed by atoms with Crippen molar-refractivity contribution in [3.63, 3.8) is 0 Å². The Labute approximate surface area is 113 Å². The summed E-state index contributed by atoms with van der Waals surface area (Å²) in [7, 11) is 1.78. The van der Waals surface area contributed by atoms with E-state index in [2.05, 4.69) is 39.0 Å². The Bertz CT molecular complexity index is 421. The number of nitrogens with one attached hydrogen (secondary N) is 1. The van der Waals surface area contributed by atoms with Crippen LogP contribution in [0.5, 0.6) is 0 Å². The van der Waals surface area contributed by atoms with Crippen molar-refractivity contribution in [2.45, 2.75) is 33.1 Å². The molecule has 0 amide bonds. The largest absolute Gasteiger partial charge is 0.357 e. The Morgan fingerprint density at radius 3 is 2.67 bits per heavy atom. The monoisotopic (exact) mass is 269 g/mol. The summed E-state index contributed by atoms with van der Waals surface area (Å²) >= 11 is 5.92. The molecule has 1 aliphatic heterocycles. The van der Waals surface area contributed by atoms with Gasteiger partial charge in [-0.1, -0.05) is 13.8 Å². The van der Waals surface area contributed by atoms with Gasteiger partial charge in [-0.05, 0) is 36.3 Å². The maximum absolute atomic E-state index is 5.92. The molecule has 18 heavy (non-hydrogen) atoms. The lowest BCUT2D eigenvalue weighted by Crippen LogP contribution is -2.27. The third kappa shape index (κ3) is 3.22. The number of aromatic nitrogens is 3. The van der Waals surface area contributed by atoms with Crippen LogP contribution in [0.3, 0.4) is 0 Å². The lowest BCUT2D eigenvalue weighted by Gasteiger charge is -2.23. The zero-order valence-electron chi connectivity index (χ0n) is 11.2. The molecule has 5 nitrogen and oxygen atoms in total. The highest BCUT2D eigenvalue weighted by atomic mass is 35.5. The van der Waals surface area contributed by atoms with Crippen molar-refractivity contribution in [1.82, 2.24) is 15.0 Å². The molecule has 0 radical (unpaired) electrons. The quantitative estimate of drug-likeness (QED) is 0.894. The summed E-state index contributed by atoms with van der Waals surface area (Å²) in [5, 5.41) is 3.15. The van der Waals surface area contributed by atoms with Crippen LogP contribution in [0.15, 0.2) is 0 Å². The highest BCUT2D eigenvalue weighted by Crippen LogP contribution is 2.31. The third-order valence-electron chi connectivity index (χ3n) is 3.44. The fourth-order valence-electron chi connectivity index (χ4n) is 2.22. The van der Waals surface area contributed by atoms with Gasteiger partial charge in [0.05, 0.1) is 0 Å². The number of nitrogens with zero attached hydrogens (tertiary/aromatic N) is 4. The maximum atomic E-state index is 5.92. The molecule has 0 saturated carbocycles. The van der Waals surface area contributed by atoms with Crippen molar-refractivity contribution in [3.05, 3.63) is 5.28 Å². The average molecular weight is 270 g/mol. The first-order valence-electron chi connectivity index (χ1n) is 6.34. The standard InChI is InChI=1S/C12H20ClN5/c1-12(2)5-4-7-18(8-6-12)11-16-9(13)15-10(14-3)17-11/h4-8H2,1-3H3,(H,14,15,16,17). The lowest BCUT2D eigenvalue weighted by atomic mass is 9.85. The number of rotatable bonds is 2. The molecule has 2 heterocycles. The summed E-state index contributed by atoms with van der Waals surface area (Å²) in [6, 6.07) is 0. The Kier molecular flexibility index (Phi) is 3.90. The van der Waals surface area contributed by atoms with E-state index in [4.69, 9.17) is 11.6 Å². The molecule has 0 unspecified atom stereocenters. The van der Waals surface area contributed by atoms with Gasteiger partial charge < -0.3 is 10.2 Å². The highest BCUT2D eigenvalue weighted by molar-refractivity contribution is 6.28. The first kappa shape index (κ1) is 13.3. The van der Waals surface area contributed by atoms with Crippen molar-refractivity contribution >= 4 is 23.5 Å². The fourth-order valence-corrected chi connectivity index (χ4v) is 2.37. The molecule has 100 valence electrons. The van der Waals surface area contributed by atoms with Gasteiger partial charge in [0.2, 0.25) is 17.2 Å². The summed E-state index contributed by atoms with van der Waals surface area (Å²) < 4.78 is 0. The zero-order chi connectivity index (χ0) is 13.2. The van der Waals surface area contributed by atoms with Gasteiger partial charge in [-0.3, -0.25) is 0 Å². The van der Waals surface area contributed by atoms with E-state index < -0.39 is 0 Å². The van der Waals surface area contributed by atoms with E-state index in [1.807, 2.05) is 0 Å². The van der Waals surface area contributed by atoms with Crippen LogP contribution in [0.1, 0.15) is 33.1 Å². The fraction of sp³-hybridized carbons (Fsp3) is 0.750. The van der Waals surface area contributed by atoms with Gasteiger partial charge in [-0.15, -0.1) is 0 Å². The van der Waals surface area contributed by atoms with Gasteiger partial charge in [0, 0.05) is 20.1 Å². The minimum absolute atomic E-state index is 0.243. The van der Waals surface area contributed by atoms with Gasteiger partial charge >= 0.3 is 0 Å². The molecule has 0 bridgehead atoms. The maximum Gasteiger partial charge on any atom is 0.231 e. The molecule has 6 heteroatoms. The summed E-state index contributed by atoms with van der Waals surface area (Å²) in [4.78, 5) is 14.8. The van der Waals surface area contributed by atoms with Gasteiger partial charge in [0.1, 0.15) is 0 Å². The summed E-state index contributed by atoms with van der Waals surface area (Å²) in [6.45, 7) is 6.58. The van der Waals surface area contributed by atoms with Gasteiger partial charge in [0.15, 0.2) is 0 Å². The number of halogens is 1. The van der Waals surface area contributed by atoms with Crippen LogP contribution in [-0.2, 0) is 0 Å². The van der Waals surface area contributed by atoms with Crippen molar-refractivity contribution in [3.8, 4) is 0 Å². The van der Waals surface area contributed by atoms with E-state index >= 15 is 0 Å². The van der Waals surface area contributed by atoms with Crippen LogP contribution < -0.4 is 10.2 Å². The SMILES string of the molecule is CNc1nc(Cl)nc(N2CCCC(C)(C)CC2)n1. The van der Waals surface area contributed by atoms with Crippen molar-refractivity contribution in [2.75, 3.05) is 30.4 Å². The van der Waals surface area contributed by atoms with Crippen molar-refractivity contribution < 1.29 is 0 Å². The predicted octanol–water partition coefficient (Wildman–Crippen LogP) is 2.58. The number of anilines is 2. The second-order valence-corrected chi connectivity index (χ2v) is 5.82. The van der Waals surface area contributed by atoms with Crippen LogP contribution in [-0.4, -0.2) is 35.1 Å². The van der Waals surface area contributed by atoms with Crippen LogP contribution in [0.2, 0.25) is 5.28 Å². The van der Waals surface area contributed by atoms with E-state index in [1.54, 1.807) is 7.05 Å². The average Bonchev–Trinajstić information content (AvgIpc) is 2.49. The normalized spacial score (nSPS) is 19.4. The third-order valence-corrected chi connectivity index (χ3v) is 3.61. The molecule has 2 rings (SSSR count). The molecule has 0 atom stereocenters. The zero-order valence-corrected chi connectivity index (χ0v) is 12.0. The van der Waals surface area contributed by atoms with E-state index in [0.29, 0.717) is 17.3 Å². The van der Waals surface area contributed by atoms with Crippen molar-refractivity contribution in [1.29, 1.82) is 0 Å². The Morgan fingerprint density at radius 2 is 1.94 bits per heavy atom. The van der Waals surface area contributed by atoms with E-state index in [0.717, 1.165) is 25.9 Å². The molecule has 1 saturated heterocycles. The summed E-state index contributed by atoms with van der Waals surface area (Å²) in [5.74, 6) is 1.20. The minimum Gasteiger partial charge on any atom is -0.357 e. The van der Waals surface area contributed by atoms with Gasteiger partial charge in [-0.25, -0.2) is 0 Å². The molecule has 1 aliphatic rings. The van der Waals surface area contributed by atoms with E-state index in [-0.39, 0.29) is 5.28 Å². The second kappa shape index (κ2) is 5.26. The molecule has 1 aromatic rings. The molecule has 1 fully saturated rings. The Hall–Kier alpha value is -1.10. The molecule has 1 N–H and O–H groups in total. The topological polar surface area (TPSA) is 53.9 Å². The van der Waals surface area contributed by atoms with Gasteiger partial charge in [0.25, 0.3) is 0 Å². The lowest BCUT2D eigenvalue weighted by molar-refractivity contribution is 0.325. The second-order valence-electron chi connectivity index (χ2n) is 5.48. The molecular formula is C12H20ClN5. The molecule has 0 aliphatic carbocycles. The highest BCUT2D eigenvalue weighted by Gasteiger charge is 2.24. The minimum atomic E-state index is 0.243. The molecular weight excluding hydrogens is 250 g/mol. The van der Waals surface area contributed by atoms with Crippen LogP contribution in [0.25, 0.3) is 0 Å². The summed E-state index contributed by atoms with van der Waals surface area (Å²) in [6.07, 6.45) is 3.54. The molecule has 0 aromatic carbocycles. The first-order valence-corrected chi connectivity index (χ1v) is 6.72. The smallest absolute Gasteiger partial charge is 0.231 e. The predicted molar refractivity (Wildman–Crippen MR) is 74.2 cm³/mol. The number of hydrogen-bond donors (Lipinski definition) is 1. The van der Waals surface area contributed by atoms with Crippen LogP contribution in [0, 0.1) is 5.41 Å². The Balaban J connectivity index is 2.18. The van der Waals surface area contributed by atoms with E-state index in [1.165, 1.54) is 6.42 Å². The first-order chi connectivity index (χ1) is 8.50. The van der Waals surface area contributed by atoms with Crippen molar-refractivity contribution in [2.24, 2.45) is 5.41 Å². The molecule has 0 spiro atoms. The van der Waals surface area contributed by atoms with Crippen LogP contribution in [0.4, 0.5) is 11.9 Å². The Morgan fingerprint density at radius 1 is 1.17 bits per heavy atom. The molecule has 1 aromatic heterocycles.